The number of carboxylic acid groups (broad SMARTS) is 1. The van der Waals surface area contributed by atoms with Crippen LogP contribution < -0.4 is 10.6 Å². The van der Waals surface area contributed by atoms with Crippen LogP contribution in [0.1, 0.15) is 48.5 Å². The maximum absolute atomic E-state index is 12.7. The van der Waals surface area contributed by atoms with Crippen molar-refractivity contribution < 1.29 is 24.8 Å². The smallest absolute Gasteiger partial charge is 0.336 e. The molecule has 0 aromatic heterocycles. The van der Waals surface area contributed by atoms with Gasteiger partial charge in [0.25, 0.3) is 5.91 Å². The van der Waals surface area contributed by atoms with Crippen molar-refractivity contribution >= 4 is 28.9 Å². The van der Waals surface area contributed by atoms with Gasteiger partial charge >= 0.3 is 5.97 Å². The lowest BCUT2D eigenvalue weighted by atomic mass is 10.0. The highest BCUT2D eigenvalue weighted by Gasteiger charge is 2.17. The molecule has 188 valence electrons. The van der Waals surface area contributed by atoms with Gasteiger partial charge < -0.3 is 15.7 Å². The van der Waals surface area contributed by atoms with Crippen LogP contribution in [-0.4, -0.2) is 22.2 Å². The van der Waals surface area contributed by atoms with Crippen molar-refractivity contribution in [2.45, 2.75) is 26.9 Å². The number of aromatic carboxylic acids is 1. The third-order valence-corrected chi connectivity index (χ3v) is 5.99. The lowest BCUT2D eigenvalue weighted by Gasteiger charge is -2.13. The molecular weight excluding hydrogens is 468 g/mol. The summed E-state index contributed by atoms with van der Waals surface area (Å²) in [5, 5.41) is 24.4. The van der Waals surface area contributed by atoms with Crippen molar-refractivity contribution in [3.05, 3.63) is 124 Å². The third kappa shape index (κ3) is 6.61. The van der Waals surface area contributed by atoms with Crippen LogP contribution in [0.4, 0.5) is 17.1 Å². The molecule has 0 saturated carbocycles. The number of carbonyl (C=O) groups is 2. The Morgan fingerprint density at radius 1 is 0.757 bits per heavy atom. The minimum absolute atomic E-state index is 0.0296. The molecule has 0 aliphatic carbocycles. The predicted molar refractivity (Wildman–Crippen MR) is 144 cm³/mol. The molecular formula is C30H28N2O5. The summed E-state index contributed by atoms with van der Waals surface area (Å²) < 4.78 is 0. The first kappa shape index (κ1) is 25.6. The minimum Gasteiger partial charge on any atom is -0.478 e. The van der Waals surface area contributed by atoms with Crippen LogP contribution in [0, 0.1) is 13.8 Å². The number of amides is 1. The van der Waals surface area contributed by atoms with Gasteiger partial charge in [-0.25, -0.2) is 9.68 Å². The molecule has 4 aromatic rings. The monoisotopic (exact) mass is 496 g/mol. The zero-order valence-corrected chi connectivity index (χ0v) is 20.6. The number of aryl methyl sites for hydroxylation is 2. The molecule has 0 radical (unpaired) electrons. The molecule has 0 saturated heterocycles. The van der Waals surface area contributed by atoms with Crippen molar-refractivity contribution in [1.82, 2.24) is 0 Å². The van der Waals surface area contributed by atoms with E-state index in [1.54, 1.807) is 12.1 Å². The Labute approximate surface area is 215 Å². The Kier molecular flexibility index (Phi) is 7.98. The molecule has 0 unspecified atom stereocenters. The maximum Gasteiger partial charge on any atom is 0.336 e. The Morgan fingerprint density at radius 2 is 1.35 bits per heavy atom. The Bertz CT molecular complexity index is 1410. The first-order valence-electron chi connectivity index (χ1n) is 11.8. The quantitative estimate of drug-likeness (QED) is 0.154. The van der Waals surface area contributed by atoms with E-state index >= 15 is 0 Å². The minimum atomic E-state index is -1.14. The lowest BCUT2D eigenvalue weighted by molar-refractivity contribution is -0.252. The van der Waals surface area contributed by atoms with Crippen LogP contribution in [0.3, 0.4) is 0 Å². The number of hydrogen-bond donors (Lipinski definition) is 4. The molecule has 0 spiro atoms. The van der Waals surface area contributed by atoms with Crippen LogP contribution >= 0.6 is 0 Å². The van der Waals surface area contributed by atoms with E-state index in [0.717, 1.165) is 39.2 Å². The fourth-order valence-corrected chi connectivity index (χ4v) is 4.04. The number of rotatable bonds is 9. The van der Waals surface area contributed by atoms with Gasteiger partial charge in [0.05, 0.1) is 11.1 Å². The zero-order chi connectivity index (χ0) is 26.4. The SMILES string of the molecule is Cc1ccc(COO)c(Nc2ccc(Cc3ccc(NC(=O)c4cc(C)ccc4C(=O)O)cc3)cc2)c1. The predicted octanol–water partition coefficient (Wildman–Crippen LogP) is 6.58. The normalized spacial score (nSPS) is 10.7. The summed E-state index contributed by atoms with van der Waals surface area (Å²) >= 11 is 0. The molecule has 4 rings (SSSR count). The molecule has 0 atom stereocenters. The highest BCUT2D eigenvalue weighted by Crippen LogP contribution is 2.24. The first-order valence-corrected chi connectivity index (χ1v) is 11.8. The molecule has 4 aromatic carbocycles. The number of carbonyl (C=O) groups excluding carboxylic acids is 1. The number of hydrogen-bond acceptors (Lipinski definition) is 5. The van der Waals surface area contributed by atoms with Gasteiger partial charge in [-0.15, -0.1) is 0 Å². The lowest BCUT2D eigenvalue weighted by Crippen LogP contribution is -2.16. The van der Waals surface area contributed by atoms with E-state index in [-0.39, 0.29) is 17.7 Å². The molecule has 7 heteroatoms. The van der Waals surface area contributed by atoms with Crippen molar-refractivity contribution in [2.24, 2.45) is 0 Å². The number of benzene rings is 4. The maximum atomic E-state index is 12.7. The van der Waals surface area contributed by atoms with E-state index in [1.165, 1.54) is 6.07 Å². The second-order valence-corrected chi connectivity index (χ2v) is 8.94. The molecule has 0 heterocycles. The van der Waals surface area contributed by atoms with E-state index in [2.05, 4.69) is 15.5 Å². The average Bonchev–Trinajstić information content (AvgIpc) is 2.88. The zero-order valence-electron chi connectivity index (χ0n) is 20.6. The van der Waals surface area contributed by atoms with Crippen LogP contribution in [-0.2, 0) is 17.9 Å². The van der Waals surface area contributed by atoms with E-state index < -0.39 is 11.9 Å². The summed E-state index contributed by atoms with van der Waals surface area (Å²) in [5.74, 6) is -1.60. The second-order valence-electron chi connectivity index (χ2n) is 8.94. The standard InChI is InChI=1S/C30H28N2O5/c1-19-4-14-26(30(34)35)27(15-19)29(33)32-25-12-7-22(8-13-25)17-21-5-10-24(11-6-21)31-28-16-20(2)3-9-23(28)18-37-36/h3-16,31,36H,17-18H2,1-2H3,(H,32,33)(H,34,35). The first-order chi connectivity index (χ1) is 17.8. The summed E-state index contributed by atoms with van der Waals surface area (Å²) in [6.45, 7) is 3.92. The van der Waals surface area contributed by atoms with E-state index in [0.29, 0.717) is 12.1 Å². The molecule has 4 N–H and O–H groups in total. The van der Waals surface area contributed by atoms with Gasteiger partial charge in [-0.2, -0.15) is 0 Å². The number of anilines is 3. The van der Waals surface area contributed by atoms with Gasteiger partial charge in [0.15, 0.2) is 0 Å². The van der Waals surface area contributed by atoms with Gasteiger partial charge in [-0.3, -0.25) is 10.1 Å². The highest BCUT2D eigenvalue weighted by atomic mass is 17.1. The van der Waals surface area contributed by atoms with E-state index in [9.17, 15) is 14.7 Å². The van der Waals surface area contributed by atoms with Crippen molar-refractivity contribution in [2.75, 3.05) is 10.6 Å². The van der Waals surface area contributed by atoms with Crippen molar-refractivity contribution in [3.63, 3.8) is 0 Å². The molecule has 0 aliphatic rings. The van der Waals surface area contributed by atoms with Gasteiger partial charge in [0, 0.05) is 22.6 Å². The van der Waals surface area contributed by atoms with Gasteiger partial charge in [0.1, 0.15) is 6.61 Å². The van der Waals surface area contributed by atoms with E-state index in [4.69, 9.17) is 5.26 Å². The highest BCUT2D eigenvalue weighted by molar-refractivity contribution is 6.10. The van der Waals surface area contributed by atoms with Crippen molar-refractivity contribution in [1.29, 1.82) is 0 Å². The Balaban J connectivity index is 1.40. The molecule has 37 heavy (non-hydrogen) atoms. The number of carboxylic acids is 1. The fraction of sp³-hybridized carbons (Fsp3) is 0.133. The second kappa shape index (κ2) is 11.5. The molecule has 0 aliphatic heterocycles. The summed E-state index contributed by atoms with van der Waals surface area (Å²) in [6, 6.07) is 26.1. The van der Waals surface area contributed by atoms with Crippen LogP contribution in [0.5, 0.6) is 0 Å². The topological polar surface area (TPSA) is 108 Å². The number of nitrogens with one attached hydrogen (secondary N) is 2. The molecule has 0 bridgehead atoms. The molecule has 7 nitrogen and oxygen atoms in total. The van der Waals surface area contributed by atoms with Gasteiger partial charge in [-0.05, 0) is 79.4 Å². The third-order valence-electron chi connectivity index (χ3n) is 5.99. The summed E-state index contributed by atoms with van der Waals surface area (Å²) in [7, 11) is 0. The van der Waals surface area contributed by atoms with Crippen molar-refractivity contribution in [3.8, 4) is 0 Å². The summed E-state index contributed by atoms with van der Waals surface area (Å²) in [6.07, 6.45) is 0.712. The Hall–Kier alpha value is -4.46. The van der Waals surface area contributed by atoms with Gasteiger partial charge in [0.2, 0.25) is 0 Å². The van der Waals surface area contributed by atoms with Crippen LogP contribution in [0.25, 0.3) is 0 Å². The Morgan fingerprint density at radius 3 is 1.97 bits per heavy atom. The van der Waals surface area contributed by atoms with Crippen LogP contribution in [0.15, 0.2) is 84.9 Å². The fourth-order valence-electron chi connectivity index (χ4n) is 4.04. The molecule has 0 fully saturated rings. The van der Waals surface area contributed by atoms with E-state index in [1.807, 2.05) is 80.6 Å². The summed E-state index contributed by atoms with van der Waals surface area (Å²) in [4.78, 5) is 28.5. The average molecular weight is 497 g/mol. The largest absolute Gasteiger partial charge is 0.478 e. The summed E-state index contributed by atoms with van der Waals surface area (Å²) in [5.41, 5.74) is 7.44. The van der Waals surface area contributed by atoms with Gasteiger partial charge in [-0.1, -0.05) is 48.0 Å². The molecule has 1 amide bonds. The van der Waals surface area contributed by atoms with Crippen LogP contribution in [0.2, 0.25) is 0 Å².